The summed E-state index contributed by atoms with van der Waals surface area (Å²) >= 11 is 0. The van der Waals surface area contributed by atoms with Crippen LogP contribution in [0.5, 0.6) is 17.2 Å². The van der Waals surface area contributed by atoms with Gasteiger partial charge in [0.15, 0.2) is 5.75 Å². The lowest BCUT2D eigenvalue weighted by atomic mass is 9.78. The lowest BCUT2D eigenvalue weighted by Gasteiger charge is -2.36. The van der Waals surface area contributed by atoms with Crippen LogP contribution in [-0.2, 0) is 14.3 Å². The molecule has 1 aliphatic rings. The number of anilines is 1. The summed E-state index contributed by atoms with van der Waals surface area (Å²) in [6.45, 7) is 13.7. The molecule has 0 spiro atoms. The third kappa shape index (κ3) is 7.28. The molecule has 2 bridgehead atoms. The van der Waals surface area contributed by atoms with Gasteiger partial charge in [-0.25, -0.2) is 9.78 Å². The predicted molar refractivity (Wildman–Crippen MR) is 206 cm³/mol. The number of aryl methyl sites for hydroxylation is 1. The molecule has 1 aliphatic heterocycles. The van der Waals surface area contributed by atoms with Crippen molar-refractivity contribution in [3.63, 3.8) is 0 Å². The number of nitrogens with zero attached hydrogens (tertiary/aromatic N) is 2. The molecule has 2 aromatic carbocycles. The molecule has 1 amide bonds. The molecular formula is C41H51N3O10. The first-order valence-corrected chi connectivity index (χ1v) is 18.1. The maximum atomic E-state index is 14.2. The van der Waals surface area contributed by atoms with Gasteiger partial charge in [0.2, 0.25) is 0 Å². The van der Waals surface area contributed by atoms with Crippen molar-refractivity contribution in [2.45, 2.75) is 79.8 Å². The SMILES string of the molecule is CCOc1c(C)c(O)c2c(O)c3c4c(nc5cc(C)ccn54)c2c1C(=O)O/C=C/C(OC)C(C)C(O)C(C)C(O)C(C)C(O)C(C)/C=C/C=C(/C)C(=O)N3. The summed E-state index contributed by atoms with van der Waals surface area (Å²) in [6.07, 6.45) is 5.27. The number of pyridine rings is 1. The number of nitrogens with one attached hydrogen (secondary N) is 1. The molecule has 2 aromatic heterocycles. The summed E-state index contributed by atoms with van der Waals surface area (Å²) in [5.74, 6) is -4.72. The van der Waals surface area contributed by atoms with Crippen LogP contribution in [-0.4, -0.2) is 84.9 Å². The van der Waals surface area contributed by atoms with Gasteiger partial charge in [0.1, 0.15) is 39.4 Å². The number of hydrogen-bond donors (Lipinski definition) is 6. The number of benzene rings is 2. The highest BCUT2D eigenvalue weighted by molar-refractivity contribution is 6.26. The summed E-state index contributed by atoms with van der Waals surface area (Å²) in [5, 5.41) is 60.1. The number of carbonyl (C=O) groups is 2. The van der Waals surface area contributed by atoms with Gasteiger partial charge in [-0.1, -0.05) is 45.9 Å². The molecule has 13 heteroatoms. The Balaban J connectivity index is 1.81. The van der Waals surface area contributed by atoms with E-state index >= 15 is 0 Å². The molecule has 0 saturated heterocycles. The smallest absolute Gasteiger partial charge is 0.347 e. The Morgan fingerprint density at radius 2 is 1.59 bits per heavy atom. The number of aliphatic hydroxyl groups excluding tert-OH is 3. The molecule has 6 N–H and O–H groups in total. The minimum Gasteiger partial charge on any atom is -0.507 e. The number of methoxy groups -OCH3 is 1. The molecule has 290 valence electrons. The quantitative estimate of drug-likeness (QED) is 0.109. The molecule has 0 fully saturated rings. The van der Waals surface area contributed by atoms with Crippen molar-refractivity contribution in [2.75, 3.05) is 19.0 Å². The number of cyclic esters (lactones) is 1. The second-order valence-corrected chi connectivity index (χ2v) is 14.4. The van der Waals surface area contributed by atoms with Gasteiger partial charge in [0, 0.05) is 53.5 Å². The van der Waals surface area contributed by atoms with Crippen LogP contribution in [0.15, 0.2) is 54.5 Å². The molecule has 3 heterocycles. The van der Waals surface area contributed by atoms with Crippen molar-refractivity contribution >= 4 is 45.0 Å². The molecule has 5 rings (SSSR count). The number of allylic oxidation sites excluding steroid dienone is 2. The normalized spacial score (nSPS) is 28.6. The molecule has 13 nitrogen and oxygen atoms in total. The summed E-state index contributed by atoms with van der Waals surface area (Å²) in [6, 6.07) is 3.63. The first kappa shape index (κ1) is 40.2. The van der Waals surface area contributed by atoms with Gasteiger partial charge >= 0.3 is 5.97 Å². The van der Waals surface area contributed by atoms with E-state index in [0.717, 1.165) is 11.8 Å². The minimum atomic E-state index is -1.09. The van der Waals surface area contributed by atoms with E-state index in [1.165, 1.54) is 20.1 Å². The Bertz CT molecular complexity index is 2170. The minimum absolute atomic E-state index is 0.0168. The first-order valence-electron chi connectivity index (χ1n) is 18.1. The number of aromatic nitrogens is 2. The number of aromatic hydroxyl groups is 2. The van der Waals surface area contributed by atoms with E-state index in [1.807, 2.05) is 13.0 Å². The molecule has 0 saturated carbocycles. The van der Waals surface area contributed by atoms with Crippen molar-refractivity contribution in [1.82, 2.24) is 9.38 Å². The average molecular weight is 746 g/mol. The van der Waals surface area contributed by atoms with E-state index in [1.54, 1.807) is 76.4 Å². The number of fused-ring (bicyclic) bond motifs is 1. The van der Waals surface area contributed by atoms with Gasteiger partial charge in [-0.2, -0.15) is 0 Å². The number of rotatable bonds is 3. The molecule has 0 aliphatic carbocycles. The van der Waals surface area contributed by atoms with Crippen LogP contribution in [0.2, 0.25) is 0 Å². The Morgan fingerprint density at radius 3 is 2.26 bits per heavy atom. The van der Waals surface area contributed by atoms with Crippen molar-refractivity contribution in [3.8, 4) is 17.2 Å². The monoisotopic (exact) mass is 745 g/mol. The van der Waals surface area contributed by atoms with Crippen molar-refractivity contribution in [3.05, 3.63) is 71.2 Å². The van der Waals surface area contributed by atoms with Gasteiger partial charge in [-0.3, -0.25) is 9.20 Å². The highest BCUT2D eigenvalue weighted by atomic mass is 16.5. The van der Waals surface area contributed by atoms with Crippen molar-refractivity contribution < 1.29 is 49.3 Å². The van der Waals surface area contributed by atoms with Crippen molar-refractivity contribution in [1.29, 1.82) is 0 Å². The Morgan fingerprint density at radius 1 is 0.926 bits per heavy atom. The van der Waals surface area contributed by atoms with Crippen LogP contribution in [0.4, 0.5) is 5.69 Å². The number of esters is 1. The fourth-order valence-electron chi connectivity index (χ4n) is 7.26. The van der Waals surface area contributed by atoms with Crippen LogP contribution in [0.25, 0.3) is 27.5 Å². The fraction of sp³-hybridized carbons (Fsp3) is 0.439. The number of ether oxygens (including phenoxy) is 3. The lowest BCUT2D eigenvalue weighted by molar-refractivity contribution is -0.112. The topological polar surface area (TPSA) is 192 Å². The number of aliphatic hydroxyl groups is 3. The van der Waals surface area contributed by atoms with Gasteiger partial charge in [-0.15, -0.1) is 0 Å². The standard InChI is InChI=1S/C41H51N3O10/c1-10-53-39-25(8)37(48)29-28-30(39)41(51)54-17-15-26(52-9)22(5)35(46)24(7)36(47)23(6)34(45)20(3)12-11-13-21(4)40(50)43-32(38(29)49)33-31(28)42-27-18-19(2)14-16-44(27)33/h11-18,20,22-24,26,34-36,45-49H,10H2,1-9H3,(H,43,50)/b12-11+,17-15+,21-13-. The zero-order valence-electron chi connectivity index (χ0n) is 32.1. The Hall–Kier alpha value is -4.95. The summed E-state index contributed by atoms with van der Waals surface area (Å²) in [7, 11) is 1.44. The molecule has 8 unspecified atom stereocenters. The van der Waals surface area contributed by atoms with Gasteiger partial charge < -0.3 is 45.1 Å². The molecule has 0 radical (unpaired) electrons. The van der Waals surface area contributed by atoms with Crippen LogP contribution >= 0.6 is 0 Å². The fourth-order valence-corrected chi connectivity index (χ4v) is 7.26. The Labute approximate surface area is 314 Å². The summed E-state index contributed by atoms with van der Waals surface area (Å²) in [4.78, 5) is 32.8. The van der Waals surface area contributed by atoms with Crippen LogP contribution in [0.1, 0.15) is 63.0 Å². The number of imidazole rings is 1. The van der Waals surface area contributed by atoms with E-state index < -0.39 is 65.7 Å². The predicted octanol–water partition coefficient (Wildman–Crippen LogP) is 5.83. The third-order valence-corrected chi connectivity index (χ3v) is 10.7. The van der Waals surface area contributed by atoms with E-state index in [2.05, 4.69) is 5.32 Å². The third-order valence-electron chi connectivity index (χ3n) is 10.7. The largest absolute Gasteiger partial charge is 0.507 e. The summed E-state index contributed by atoms with van der Waals surface area (Å²) in [5.41, 5.74) is 1.96. The van der Waals surface area contributed by atoms with Crippen LogP contribution in [0.3, 0.4) is 0 Å². The van der Waals surface area contributed by atoms with Gasteiger partial charge in [-0.05, 0) is 51.5 Å². The average Bonchev–Trinajstić information content (AvgIpc) is 3.52. The maximum Gasteiger partial charge on any atom is 0.347 e. The number of hydrogen-bond acceptors (Lipinski definition) is 11. The number of amides is 1. The zero-order valence-corrected chi connectivity index (χ0v) is 32.1. The lowest BCUT2D eigenvalue weighted by Crippen LogP contribution is -2.44. The van der Waals surface area contributed by atoms with E-state index in [4.69, 9.17) is 19.2 Å². The van der Waals surface area contributed by atoms with E-state index in [-0.39, 0.29) is 62.3 Å². The second kappa shape index (κ2) is 16.2. The number of phenolic OH excluding ortho intramolecular Hbond substituents is 2. The van der Waals surface area contributed by atoms with E-state index in [0.29, 0.717) is 5.65 Å². The zero-order chi connectivity index (χ0) is 39.8. The van der Waals surface area contributed by atoms with Crippen LogP contribution < -0.4 is 10.1 Å². The highest BCUT2D eigenvalue weighted by Gasteiger charge is 2.37. The molecule has 4 aromatic rings. The Kier molecular flexibility index (Phi) is 12.1. The van der Waals surface area contributed by atoms with Crippen LogP contribution in [0, 0.1) is 37.5 Å². The second-order valence-electron chi connectivity index (χ2n) is 14.4. The van der Waals surface area contributed by atoms with Gasteiger partial charge in [0.25, 0.3) is 5.91 Å². The summed E-state index contributed by atoms with van der Waals surface area (Å²) < 4.78 is 19.0. The van der Waals surface area contributed by atoms with Gasteiger partial charge in [0.05, 0.1) is 42.7 Å². The molecule has 8 atom stereocenters. The van der Waals surface area contributed by atoms with Crippen molar-refractivity contribution in [2.24, 2.45) is 23.7 Å². The molecule has 54 heavy (non-hydrogen) atoms. The number of phenols is 2. The molecular weight excluding hydrogens is 694 g/mol. The van der Waals surface area contributed by atoms with E-state index in [9.17, 15) is 35.1 Å². The number of carbonyl (C=O) groups excluding carboxylic acids is 2. The first-order chi connectivity index (χ1) is 25.5. The highest BCUT2D eigenvalue weighted by Crippen LogP contribution is 2.51. The maximum absolute atomic E-state index is 14.2.